The number of hydrogen-bond donors (Lipinski definition) is 2. The van der Waals surface area contributed by atoms with Gasteiger partial charge in [-0.1, -0.05) is 36.4 Å². The number of aliphatic hydroxyl groups excluding tert-OH is 1. The Hall–Kier alpha value is -5.65. The van der Waals surface area contributed by atoms with E-state index in [0.29, 0.717) is 33.0 Å². The highest BCUT2D eigenvalue weighted by molar-refractivity contribution is 7.86. The quantitative estimate of drug-likeness (QED) is 0.114. The van der Waals surface area contributed by atoms with Crippen LogP contribution in [0.3, 0.4) is 0 Å². The molecular formula is C33H32N4O12S. The molecule has 0 spiro atoms. The van der Waals surface area contributed by atoms with Gasteiger partial charge in [0, 0.05) is 37.2 Å². The molecule has 0 aromatic heterocycles. The van der Waals surface area contributed by atoms with Crippen LogP contribution in [0.2, 0.25) is 0 Å². The number of carbonyl (C=O) groups excluding carboxylic acids is 2. The molecule has 50 heavy (non-hydrogen) atoms. The molecule has 1 saturated heterocycles. The molecule has 1 fully saturated rings. The predicted octanol–water partition coefficient (Wildman–Crippen LogP) is 4.87. The third-order valence-corrected chi connectivity index (χ3v) is 8.65. The number of carbonyl (C=O) groups is 2. The molecule has 0 saturated carbocycles. The number of nitro groups is 2. The lowest BCUT2D eigenvalue weighted by atomic mass is 9.92. The molecule has 1 heterocycles. The maximum Gasteiger partial charge on any atom is 0.410 e. The van der Waals surface area contributed by atoms with Crippen LogP contribution in [0, 0.1) is 20.2 Å². The number of benzene rings is 4. The van der Waals surface area contributed by atoms with Crippen molar-refractivity contribution in [3.63, 3.8) is 0 Å². The van der Waals surface area contributed by atoms with Gasteiger partial charge in [0.15, 0.2) is 0 Å². The van der Waals surface area contributed by atoms with Gasteiger partial charge in [0.1, 0.15) is 19.3 Å². The molecule has 2 amide bonds. The summed E-state index contributed by atoms with van der Waals surface area (Å²) in [6.45, 7) is -0.455. The fraction of sp³-hybridized carbons (Fsp3) is 0.273. The van der Waals surface area contributed by atoms with E-state index in [9.17, 15) is 43.3 Å². The Balaban J connectivity index is 1.29. The van der Waals surface area contributed by atoms with Crippen molar-refractivity contribution in [3.05, 3.63) is 127 Å². The lowest BCUT2D eigenvalue weighted by Gasteiger charge is -2.29. The number of nitrogens with zero attached hydrogens (tertiary/aromatic N) is 3. The van der Waals surface area contributed by atoms with Gasteiger partial charge in [-0.15, -0.1) is 0 Å². The minimum atomic E-state index is -3.90. The Morgan fingerprint density at radius 2 is 1.44 bits per heavy atom. The largest absolute Gasteiger partial charge is 0.445 e. The zero-order valence-corrected chi connectivity index (χ0v) is 27.4. The second kappa shape index (κ2) is 15.3. The zero-order chi connectivity index (χ0) is 36.0. The SMILES string of the molecule is CS(=O)(=O)O[C@@H]1C[C@@H](C(O)c2ccc(CNC(=O)OCc3ccc([N+](=O)[O-])cc3)c3ccccc23)N(C(=O)OCc2ccc([N+](=O)[O-])cc2)C1. The predicted molar refractivity (Wildman–Crippen MR) is 177 cm³/mol. The highest BCUT2D eigenvalue weighted by Gasteiger charge is 2.43. The van der Waals surface area contributed by atoms with Crippen LogP contribution >= 0.6 is 0 Å². The Morgan fingerprint density at radius 3 is 2.00 bits per heavy atom. The van der Waals surface area contributed by atoms with E-state index in [1.165, 1.54) is 53.4 Å². The first kappa shape index (κ1) is 35.7. The monoisotopic (exact) mass is 708 g/mol. The Kier molecular flexibility index (Phi) is 10.9. The maximum atomic E-state index is 13.3. The molecule has 0 aliphatic carbocycles. The number of aliphatic hydroxyl groups is 1. The van der Waals surface area contributed by atoms with Crippen molar-refractivity contribution >= 4 is 44.5 Å². The Bertz CT molecular complexity index is 2010. The van der Waals surface area contributed by atoms with Crippen molar-refractivity contribution in [2.75, 3.05) is 12.8 Å². The van der Waals surface area contributed by atoms with Gasteiger partial charge in [0.2, 0.25) is 0 Å². The average molecular weight is 709 g/mol. The van der Waals surface area contributed by atoms with E-state index in [4.69, 9.17) is 13.7 Å². The number of non-ortho nitro benzene ring substituents is 2. The molecule has 1 aliphatic rings. The number of alkyl carbamates (subject to hydrolysis) is 1. The van der Waals surface area contributed by atoms with E-state index in [1.54, 1.807) is 36.4 Å². The minimum Gasteiger partial charge on any atom is -0.445 e. The normalized spacial score (nSPS) is 16.5. The molecular weight excluding hydrogens is 676 g/mol. The molecule has 262 valence electrons. The second-order valence-electron chi connectivity index (χ2n) is 11.5. The van der Waals surface area contributed by atoms with Gasteiger partial charge >= 0.3 is 12.2 Å². The van der Waals surface area contributed by atoms with Crippen LogP contribution < -0.4 is 5.32 Å². The number of ether oxygens (including phenoxy) is 2. The number of fused-ring (bicyclic) bond motifs is 1. The van der Waals surface area contributed by atoms with Crippen LogP contribution in [0.25, 0.3) is 10.8 Å². The molecule has 5 rings (SSSR count). The summed E-state index contributed by atoms with van der Waals surface area (Å²) in [5, 5.41) is 37.5. The van der Waals surface area contributed by atoms with E-state index in [-0.39, 0.29) is 44.1 Å². The molecule has 2 N–H and O–H groups in total. The van der Waals surface area contributed by atoms with E-state index in [2.05, 4.69) is 5.32 Å². The fourth-order valence-corrected chi connectivity index (χ4v) is 6.31. The van der Waals surface area contributed by atoms with Gasteiger partial charge < -0.3 is 19.9 Å². The number of nitrogens with one attached hydrogen (secondary N) is 1. The topological polar surface area (TPSA) is 218 Å². The molecule has 16 nitrogen and oxygen atoms in total. The third-order valence-electron chi connectivity index (χ3n) is 8.03. The third kappa shape index (κ3) is 8.87. The Morgan fingerprint density at radius 1 is 0.880 bits per heavy atom. The van der Waals surface area contributed by atoms with E-state index >= 15 is 0 Å². The molecule has 0 bridgehead atoms. The van der Waals surface area contributed by atoms with E-state index < -0.39 is 50.4 Å². The van der Waals surface area contributed by atoms with Crippen molar-refractivity contribution in [3.8, 4) is 0 Å². The summed E-state index contributed by atoms with van der Waals surface area (Å²) in [4.78, 5) is 47.7. The average Bonchev–Trinajstić information content (AvgIpc) is 3.51. The molecule has 17 heteroatoms. The fourth-order valence-electron chi connectivity index (χ4n) is 5.68. The highest BCUT2D eigenvalue weighted by Crippen LogP contribution is 2.36. The van der Waals surface area contributed by atoms with Gasteiger partial charge in [-0.2, -0.15) is 8.42 Å². The lowest BCUT2D eigenvalue weighted by molar-refractivity contribution is -0.385. The van der Waals surface area contributed by atoms with Gasteiger partial charge in [-0.3, -0.25) is 29.3 Å². The van der Waals surface area contributed by atoms with E-state index in [1.807, 2.05) is 0 Å². The van der Waals surface area contributed by atoms with Crippen molar-refractivity contribution < 1.29 is 46.6 Å². The van der Waals surface area contributed by atoms with Crippen molar-refractivity contribution in [1.82, 2.24) is 10.2 Å². The summed E-state index contributed by atoms with van der Waals surface area (Å²) in [6.07, 6.45) is -2.97. The van der Waals surface area contributed by atoms with Crippen LogP contribution in [0.4, 0.5) is 21.0 Å². The van der Waals surface area contributed by atoms with Gasteiger partial charge in [0.05, 0.1) is 34.8 Å². The summed E-state index contributed by atoms with van der Waals surface area (Å²) in [5.41, 5.74) is 1.96. The molecule has 4 aromatic carbocycles. The van der Waals surface area contributed by atoms with Crippen LogP contribution in [-0.2, 0) is 43.5 Å². The van der Waals surface area contributed by atoms with Crippen LogP contribution in [0.1, 0.15) is 34.8 Å². The highest BCUT2D eigenvalue weighted by atomic mass is 32.2. The lowest BCUT2D eigenvalue weighted by Crippen LogP contribution is -2.40. The summed E-state index contributed by atoms with van der Waals surface area (Å²) < 4.78 is 39.8. The summed E-state index contributed by atoms with van der Waals surface area (Å²) in [6, 6.07) is 20.5. The van der Waals surface area contributed by atoms with E-state index in [0.717, 1.165) is 6.26 Å². The van der Waals surface area contributed by atoms with Crippen molar-refractivity contribution in [2.45, 2.75) is 44.4 Å². The van der Waals surface area contributed by atoms with Crippen molar-refractivity contribution in [2.24, 2.45) is 0 Å². The van der Waals surface area contributed by atoms with Gasteiger partial charge in [-0.05, 0) is 57.3 Å². The number of nitro benzene ring substituents is 2. The zero-order valence-electron chi connectivity index (χ0n) is 26.5. The first-order valence-electron chi connectivity index (χ1n) is 15.2. The molecule has 4 aromatic rings. The van der Waals surface area contributed by atoms with Crippen LogP contribution in [0.5, 0.6) is 0 Å². The second-order valence-corrected chi connectivity index (χ2v) is 13.1. The smallest absolute Gasteiger partial charge is 0.410 e. The molecule has 1 aliphatic heterocycles. The first-order valence-corrected chi connectivity index (χ1v) is 17.0. The summed E-state index contributed by atoms with van der Waals surface area (Å²) >= 11 is 0. The number of hydrogen-bond acceptors (Lipinski definition) is 12. The maximum absolute atomic E-state index is 13.3. The van der Waals surface area contributed by atoms with Crippen LogP contribution in [-0.4, -0.2) is 65.4 Å². The molecule has 1 unspecified atom stereocenters. The minimum absolute atomic E-state index is 0.0287. The number of rotatable bonds is 12. The molecule has 0 radical (unpaired) electrons. The molecule has 3 atom stereocenters. The number of amides is 2. The Labute approximate surface area is 285 Å². The number of likely N-dealkylation sites (tertiary alicyclic amines) is 1. The van der Waals surface area contributed by atoms with Gasteiger partial charge in [-0.25, -0.2) is 9.59 Å². The first-order chi connectivity index (χ1) is 23.8. The standard InChI is InChI=1S/C33H32N4O12S/c1-50(45,46)49-26-16-30(35(18-26)33(40)48-20-22-8-13-25(14-9-22)37(43)44)31(38)29-15-10-23(27-4-2-3-5-28(27)29)17-34-32(39)47-19-21-6-11-24(12-7-21)36(41)42/h2-15,26,30-31,38H,16-20H2,1H3,(H,34,39)/t26-,30+,31?/m1/s1. The summed E-state index contributed by atoms with van der Waals surface area (Å²) in [5.74, 6) is 0. The van der Waals surface area contributed by atoms with Crippen molar-refractivity contribution in [1.29, 1.82) is 0 Å². The van der Waals surface area contributed by atoms with Gasteiger partial charge in [0.25, 0.3) is 21.5 Å². The summed E-state index contributed by atoms with van der Waals surface area (Å²) in [7, 11) is -3.90. The van der Waals surface area contributed by atoms with Crippen LogP contribution in [0.15, 0.2) is 84.9 Å².